The minimum absolute atomic E-state index is 0.389. The molecule has 2 N–H and O–H groups in total. The third-order valence-corrected chi connectivity index (χ3v) is 3.57. The van der Waals surface area contributed by atoms with E-state index >= 15 is 0 Å². The first-order valence-corrected chi connectivity index (χ1v) is 7.51. The van der Waals surface area contributed by atoms with Crippen LogP contribution in [-0.4, -0.2) is 15.8 Å². The molecule has 2 aromatic carbocycles. The number of aryl methyl sites for hydroxylation is 1. The highest BCUT2D eigenvalue weighted by molar-refractivity contribution is 5.99. The summed E-state index contributed by atoms with van der Waals surface area (Å²) in [5, 5.41) is 9.49. The largest absolute Gasteiger partial charge is 0.323 e. The minimum Gasteiger partial charge on any atom is -0.308 e. The van der Waals surface area contributed by atoms with Crippen molar-refractivity contribution in [1.82, 2.24) is 9.78 Å². The Bertz CT molecular complexity index is 859. The number of amides is 2. The average molecular weight is 324 g/mol. The van der Waals surface area contributed by atoms with E-state index in [0.29, 0.717) is 17.9 Å². The van der Waals surface area contributed by atoms with Gasteiger partial charge in [0.2, 0.25) is 0 Å². The topological polar surface area (TPSA) is 59.0 Å². The van der Waals surface area contributed by atoms with Crippen molar-refractivity contribution in [3.63, 3.8) is 0 Å². The van der Waals surface area contributed by atoms with Crippen molar-refractivity contribution in [2.24, 2.45) is 0 Å². The van der Waals surface area contributed by atoms with Crippen molar-refractivity contribution in [1.29, 1.82) is 0 Å². The van der Waals surface area contributed by atoms with Gasteiger partial charge in [0.25, 0.3) is 0 Å². The van der Waals surface area contributed by atoms with E-state index in [0.717, 1.165) is 5.56 Å². The third kappa shape index (κ3) is 3.98. The van der Waals surface area contributed by atoms with Gasteiger partial charge in [0, 0.05) is 11.9 Å². The van der Waals surface area contributed by atoms with Crippen LogP contribution in [-0.2, 0) is 6.54 Å². The number of nitrogens with one attached hydrogen (secondary N) is 2. The number of aromatic nitrogens is 2. The Balaban J connectivity index is 1.61. The number of carbonyl (C=O) groups is 1. The van der Waals surface area contributed by atoms with Gasteiger partial charge in [-0.05, 0) is 36.2 Å². The Morgan fingerprint density at radius 3 is 2.71 bits per heavy atom. The number of nitrogens with zero attached hydrogens (tertiary/aromatic N) is 2. The molecule has 0 atom stereocenters. The van der Waals surface area contributed by atoms with Crippen molar-refractivity contribution >= 4 is 17.4 Å². The van der Waals surface area contributed by atoms with Crippen LogP contribution in [0.1, 0.15) is 11.1 Å². The number of rotatable bonds is 4. The van der Waals surface area contributed by atoms with Crippen molar-refractivity contribution in [2.45, 2.75) is 13.5 Å². The predicted octanol–water partition coefficient (Wildman–Crippen LogP) is 4.02. The molecule has 0 saturated carbocycles. The summed E-state index contributed by atoms with van der Waals surface area (Å²) >= 11 is 0. The van der Waals surface area contributed by atoms with Gasteiger partial charge in [0.1, 0.15) is 5.82 Å². The molecule has 6 heteroatoms. The first kappa shape index (κ1) is 15.7. The van der Waals surface area contributed by atoms with Gasteiger partial charge in [-0.2, -0.15) is 5.10 Å². The maximum absolute atomic E-state index is 13.1. The monoisotopic (exact) mass is 324 g/mol. The van der Waals surface area contributed by atoms with E-state index < -0.39 is 11.8 Å². The average Bonchev–Trinajstić information content (AvgIpc) is 2.96. The quantitative estimate of drug-likeness (QED) is 0.761. The van der Waals surface area contributed by atoms with Crippen LogP contribution < -0.4 is 10.6 Å². The smallest absolute Gasteiger partial charge is 0.308 e. The van der Waals surface area contributed by atoms with Gasteiger partial charge < -0.3 is 10.6 Å². The lowest BCUT2D eigenvalue weighted by Gasteiger charge is -2.06. The number of halogens is 1. The Morgan fingerprint density at radius 2 is 1.92 bits per heavy atom. The van der Waals surface area contributed by atoms with E-state index in [-0.39, 0.29) is 0 Å². The van der Waals surface area contributed by atoms with Gasteiger partial charge in [-0.1, -0.05) is 30.3 Å². The molecular formula is C18H17FN4O. The van der Waals surface area contributed by atoms with E-state index in [1.807, 2.05) is 31.2 Å². The van der Waals surface area contributed by atoms with Crippen LogP contribution in [0.15, 0.2) is 60.9 Å². The minimum atomic E-state index is -0.448. The molecule has 0 aliphatic rings. The molecule has 0 fully saturated rings. The molecule has 0 saturated heterocycles. The van der Waals surface area contributed by atoms with Crippen molar-refractivity contribution in [3.05, 3.63) is 77.9 Å². The standard InChI is InChI=1S/C18H17FN4O/c1-13-5-2-3-6-14(13)11-23-12-17(10-20-23)22-18(24)21-16-8-4-7-15(19)9-16/h2-10,12H,11H2,1H3,(H2,21,22,24). The van der Waals surface area contributed by atoms with Crippen molar-refractivity contribution < 1.29 is 9.18 Å². The Morgan fingerprint density at radius 1 is 1.12 bits per heavy atom. The maximum Gasteiger partial charge on any atom is 0.323 e. The molecule has 24 heavy (non-hydrogen) atoms. The van der Waals surface area contributed by atoms with Gasteiger partial charge in [0.15, 0.2) is 0 Å². The Hall–Kier alpha value is -3.15. The van der Waals surface area contributed by atoms with E-state index in [1.165, 1.54) is 23.8 Å². The van der Waals surface area contributed by atoms with Crippen molar-refractivity contribution in [3.8, 4) is 0 Å². The van der Waals surface area contributed by atoms with E-state index in [1.54, 1.807) is 23.1 Å². The van der Waals surface area contributed by atoms with Crippen LogP contribution in [0.2, 0.25) is 0 Å². The zero-order valence-corrected chi connectivity index (χ0v) is 13.2. The molecule has 0 unspecified atom stereocenters. The second-order valence-electron chi connectivity index (χ2n) is 5.44. The first-order valence-electron chi connectivity index (χ1n) is 7.51. The number of hydrogen-bond acceptors (Lipinski definition) is 2. The van der Waals surface area contributed by atoms with E-state index in [4.69, 9.17) is 0 Å². The number of urea groups is 1. The SMILES string of the molecule is Cc1ccccc1Cn1cc(NC(=O)Nc2cccc(F)c2)cn1. The highest BCUT2D eigenvalue weighted by atomic mass is 19.1. The van der Waals surface area contributed by atoms with Crippen LogP contribution in [0.25, 0.3) is 0 Å². The second kappa shape index (κ2) is 6.95. The Labute approximate surface area is 139 Å². The molecule has 0 bridgehead atoms. The lowest BCUT2D eigenvalue weighted by molar-refractivity contribution is 0.262. The molecule has 2 amide bonds. The van der Waals surface area contributed by atoms with Gasteiger partial charge in [-0.15, -0.1) is 0 Å². The van der Waals surface area contributed by atoms with Gasteiger partial charge in [-0.25, -0.2) is 9.18 Å². The molecule has 0 spiro atoms. The zero-order chi connectivity index (χ0) is 16.9. The molecule has 1 aromatic heterocycles. The van der Waals surface area contributed by atoms with Crippen LogP contribution in [0.5, 0.6) is 0 Å². The molecule has 5 nitrogen and oxygen atoms in total. The fourth-order valence-electron chi connectivity index (χ4n) is 2.34. The summed E-state index contributed by atoms with van der Waals surface area (Å²) < 4.78 is 14.9. The van der Waals surface area contributed by atoms with Crippen molar-refractivity contribution in [2.75, 3.05) is 10.6 Å². The molecule has 3 rings (SSSR count). The van der Waals surface area contributed by atoms with Gasteiger partial charge in [0.05, 0.1) is 18.4 Å². The maximum atomic E-state index is 13.1. The van der Waals surface area contributed by atoms with Gasteiger partial charge in [-0.3, -0.25) is 4.68 Å². The van der Waals surface area contributed by atoms with Crippen LogP contribution in [0.4, 0.5) is 20.6 Å². The number of benzene rings is 2. The van der Waals surface area contributed by atoms with E-state index in [9.17, 15) is 9.18 Å². The summed E-state index contributed by atoms with van der Waals surface area (Å²) in [5.41, 5.74) is 3.31. The lowest BCUT2D eigenvalue weighted by atomic mass is 10.1. The summed E-state index contributed by atoms with van der Waals surface area (Å²) in [7, 11) is 0. The van der Waals surface area contributed by atoms with Crippen LogP contribution >= 0.6 is 0 Å². The number of anilines is 2. The predicted molar refractivity (Wildman–Crippen MR) is 91.5 cm³/mol. The Kier molecular flexibility index (Phi) is 4.56. The van der Waals surface area contributed by atoms with Crippen LogP contribution in [0.3, 0.4) is 0 Å². The first-order chi connectivity index (χ1) is 11.6. The third-order valence-electron chi connectivity index (χ3n) is 3.57. The lowest BCUT2D eigenvalue weighted by Crippen LogP contribution is -2.19. The molecule has 122 valence electrons. The fourth-order valence-corrected chi connectivity index (χ4v) is 2.34. The molecular weight excluding hydrogens is 307 g/mol. The zero-order valence-electron chi connectivity index (χ0n) is 13.2. The summed E-state index contributed by atoms with van der Waals surface area (Å²) in [6.45, 7) is 2.67. The summed E-state index contributed by atoms with van der Waals surface area (Å²) in [6, 6.07) is 13.3. The summed E-state index contributed by atoms with van der Waals surface area (Å²) in [5.74, 6) is -0.404. The molecule has 1 heterocycles. The normalized spacial score (nSPS) is 10.4. The fraction of sp³-hybridized carbons (Fsp3) is 0.111. The molecule has 0 aliphatic carbocycles. The number of carbonyl (C=O) groups excluding carboxylic acids is 1. The summed E-state index contributed by atoms with van der Waals surface area (Å²) in [4.78, 5) is 11.9. The van der Waals surface area contributed by atoms with Crippen LogP contribution in [0, 0.1) is 12.7 Å². The molecule has 0 aliphatic heterocycles. The molecule has 3 aromatic rings. The highest BCUT2D eigenvalue weighted by Gasteiger charge is 2.06. The van der Waals surface area contributed by atoms with Gasteiger partial charge >= 0.3 is 6.03 Å². The number of hydrogen-bond donors (Lipinski definition) is 2. The second-order valence-corrected chi connectivity index (χ2v) is 5.44. The summed E-state index contributed by atoms with van der Waals surface area (Å²) in [6.07, 6.45) is 3.32. The van der Waals surface area contributed by atoms with E-state index in [2.05, 4.69) is 15.7 Å². The highest BCUT2D eigenvalue weighted by Crippen LogP contribution is 2.13. The molecule has 0 radical (unpaired) electrons.